The zero-order valence-electron chi connectivity index (χ0n) is 14.4. The Morgan fingerprint density at radius 1 is 1.25 bits per heavy atom. The van der Waals surface area contributed by atoms with Gasteiger partial charge in [0.05, 0.1) is 18.3 Å². The summed E-state index contributed by atoms with van der Waals surface area (Å²) in [5, 5.41) is 10.4. The normalized spacial score (nSPS) is 12.5. The fraction of sp³-hybridized carbons (Fsp3) is 0.444. The van der Waals surface area contributed by atoms with Crippen LogP contribution in [0.15, 0.2) is 28.7 Å². The second-order valence-corrected chi connectivity index (χ2v) is 6.32. The van der Waals surface area contributed by atoms with Gasteiger partial charge < -0.3 is 14.4 Å². The molecule has 5 nitrogen and oxygen atoms in total. The Morgan fingerprint density at radius 3 is 2.38 bits per heavy atom. The predicted octanol–water partition coefficient (Wildman–Crippen LogP) is 3.26. The maximum absolute atomic E-state index is 13.0. The first kappa shape index (κ1) is 18.1. The molecule has 1 N–H and O–H groups in total. The number of aryl methyl sites for hydroxylation is 2. The number of rotatable bonds is 6. The zero-order chi connectivity index (χ0) is 17.9. The minimum Gasteiger partial charge on any atom is -0.436 e. The molecule has 1 aromatic carbocycles. The molecule has 0 bridgehead atoms. The number of amides is 1. The van der Waals surface area contributed by atoms with Crippen LogP contribution in [0.3, 0.4) is 0 Å². The van der Waals surface area contributed by atoms with Gasteiger partial charge in [0.25, 0.3) is 5.91 Å². The van der Waals surface area contributed by atoms with Gasteiger partial charge in [-0.1, -0.05) is 26.0 Å². The van der Waals surface area contributed by atoms with Crippen molar-refractivity contribution >= 4 is 5.91 Å². The molecule has 24 heavy (non-hydrogen) atoms. The standard InChI is InChI=1S/C18H23FN2O3/c1-11(2)9-21(18(23)17-12(3)20-13(4)24-17)10-16(22)14-5-7-15(19)8-6-14/h5-8,11,16,22H,9-10H2,1-4H3. The second kappa shape index (κ2) is 7.57. The van der Waals surface area contributed by atoms with E-state index in [0.29, 0.717) is 23.7 Å². The van der Waals surface area contributed by atoms with Crippen molar-refractivity contribution in [2.45, 2.75) is 33.8 Å². The molecule has 1 amide bonds. The van der Waals surface area contributed by atoms with E-state index in [9.17, 15) is 14.3 Å². The summed E-state index contributed by atoms with van der Waals surface area (Å²) in [4.78, 5) is 18.4. The molecular formula is C18H23FN2O3. The van der Waals surface area contributed by atoms with E-state index in [0.717, 1.165) is 0 Å². The minimum absolute atomic E-state index is 0.0990. The molecule has 2 aromatic rings. The number of carbonyl (C=O) groups is 1. The highest BCUT2D eigenvalue weighted by molar-refractivity contribution is 5.92. The third-order valence-electron chi connectivity index (χ3n) is 3.62. The topological polar surface area (TPSA) is 66.6 Å². The Morgan fingerprint density at radius 2 is 1.88 bits per heavy atom. The van der Waals surface area contributed by atoms with E-state index < -0.39 is 6.10 Å². The van der Waals surface area contributed by atoms with E-state index >= 15 is 0 Å². The molecule has 0 saturated carbocycles. The Balaban J connectivity index is 2.20. The Labute approximate surface area is 141 Å². The van der Waals surface area contributed by atoms with Crippen molar-refractivity contribution in [2.24, 2.45) is 5.92 Å². The van der Waals surface area contributed by atoms with Gasteiger partial charge in [-0.3, -0.25) is 4.79 Å². The quantitative estimate of drug-likeness (QED) is 0.880. The number of carbonyl (C=O) groups excluding carboxylic acids is 1. The van der Waals surface area contributed by atoms with Crippen LogP contribution in [0.2, 0.25) is 0 Å². The molecule has 1 unspecified atom stereocenters. The van der Waals surface area contributed by atoms with E-state index in [4.69, 9.17) is 4.42 Å². The number of aliphatic hydroxyl groups excluding tert-OH is 1. The van der Waals surface area contributed by atoms with Crippen LogP contribution >= 0.6 is 0 Å². The summed E-state index contributed by atoms with van der Waals surface area (Å²) < 4.78 is 18.4. The maximum atomic E-state index is 13.0. The average molecular weight is 334 g/mol. The monoisotopic (exact) mass is 334 g/mol. The molecule has 1 atom stereocenters. The summed E-state index contributed by atoms with van der Waals surface area (Å²) in [7, 11) is 0. The van der Waals surface area contributed by atoms with Crippen molar-refractivity contribution in [3.8, 4) is 0 Å². The summed E-state index contributed by atoms with van der Waals surface area (Å²) in [6.45, 7) is 7.95. The molecule has 0 radical (unpaired) electrons. The molecule has 0 saturated heterocycles. The van der Waals surface area contributed by atoms with Gasteiger partial charge in [-0.15, -0.1) is 0 Å². The average Bonchev–Trinajstić information content (AvgIpc) is 2.84. The molecule has 130 valence electrons. The summed E-state index contributed by atoms with van der Waals surface area (Å²) in [5.41, 5.74) is 1.09. The van der Waals surface area contributed by atoms with Crippen molar-refractivity contribution in [3.05, 3.63) is 53.0 Å². The van der Waals surface area contributed by atoms with Crippen molar-refractivity contribution in [1.29, 1.82) is 0 Å². The molecule has 0 aliphatic rings. The lowest BCUT2D eigenvalue weighted by molar-refractivity contribution is 0.0563. The lowest BCUT2D eigenvalue weighted by atomic mass is 10.1. The van der Waals surface area contributed by atoms with Gasteiger partial charge in [0, 0.05) is 13.5 Å². The van der Waals surface area contributed by atoms with Crippen LogP contribution < -0.4 is 0 Å². The highest BCUT2D eigenvalue weighted by Gasteiger charge is 2.25. The lowest BCUT2D eigenvalue weighted by Crippen LogP contribution is -2.37. The predicted molar refractivity (Wildman–Crippen MR) is 88.1 cm³/mol. The fourth-order valence-electron chi connectivity index (χ4n) is 2.55. The Bertz CT molecular complexity index is 695. The fourth-order valence-corrected chi connectivity index (χ4v) is 2.55. The SMILES string of the molecule is Cc1nc(C)c(C(=O)N(CC(C)C)CC(O)c2ccc(F)cc2)o1. The van der Waals surface area contributed by atoms with Crippen molar-refractivity contribution in [3.63, 3.8) is 0 Å². The van der Waals surface area contributed by atoms with Crippen molar-refractivity contribution in [1.82, 2.24) is 9.88 Å². The lowest BCUT2D eigenvalue weighted by Gasteiger charge is -2.26. The number of oxazole rings is 1. The first-order valence-corrected chi connectivity index (χ1v) is 7.94. The van der Waals surface area contributed by atoms with E-state index in [1.54, 1.807) is 18.7 Å². The molecular weight excluding hydrogens is 311 g/mol. The van der Waals surface area contributed by atoms with Crippen LogP contribution in [0, 0.1) is 25.6 Å². The summed E-state index contributed by atoms with van der Waals surface area (Å²) in [6, 6.07) is 5.61. The highest BCUT2D eigenvalue weighted by Crippen LogP contribution is 2.19. The molecule has 1 aromatic heterocycles. The van der Waals surface area contributed by atoms with Gasteiger partial charge in [0.1, 0.15) is 5.82 Å². The van der Waals surface area contributed by atoms with Gasteiger partial charge in [-0.25, -0.2) is 9.37 Å². The molecule has 0 aliphatic carbocycles. The van der Waals surface area contributed by atoms with Crippen molar-refractivity contribution in [2.75, 3.05) is 13.1 Å². The maximum Gasteiger partial charge on any atom is 0.291 e. The third kappa shape index (κ3) is 4.41. The number of hydrogen-bond acceptors (Lipinski definition) is 4. The van der Waals surface area contributed by atoms with Gasteiger partial charge in [-0.2, -0.15) is 0 Å². The number of benzene rings is 1. The molecule has 6 heteroatoms. The largest absolute Gasteiger partial charge is 0.436 e. The molecule has 0 aliphatic heterocycles. The molecule has 0 spiro atoms. The highest BCUT2D eigenvalue weighted by atomic mass is 19.1. The Kier molecular flexibility index (Phi) is 5.72. The number of nitrogens with zero attached hydrogens (tertiary/aromatic N) is 2. The first-order chi connectivity index (χ1) is 11.3. The first-order valence-electron chi connectivity index (χ1n) is 7.94. The van der Waals surface area contributed by atoms with Crippen molar-refractivity contribution < 1.29 is 18.7 Å². The number of halogens is 1. The van der Waals surface area contributed by atoms with Gasteiger partial charge in [0.15, 0.2) is 5.89 Å². The summed E-state index contributed by atoms with van der Waals surface area (Å²) in [5.74, 6) is 0.175. The Hall–Kier alpha value is -2.21. The minimum atomic E-state index is -0.905. The van der Waals surface area contributed by atoms with Gasteiger partial charge in [0.2, 0.25) is 5.76 Å². The number of aliphatic hydroxyl groups is 1. The summed E-state index contributed by atoms with van der Waals surface area (Å²) >= 11 is 0. The van der Waals surface area contributed by atoms with E-state index in [-0.39, 0.29) is 29.9 Å². The van der Waals surface area contributed by atoms with Crippen LogP contribution in [0.4, 0.5) is 4.39 Å². The summed E-state index contributed by atoms with van der Waals surface area (Å²) in [6.07, 6.45) is -0.905. The van der Waals surface area contributed by atoms with Crippen LogP contribution in [0.5, 0.6) is 0 Å². The number of hydrogen-bond donors (Lipinski definition) is 1. The van der Waals surface area contributed by atoms with E-state index in [1.807, 2.05) is 13.8 Å². The van der Waals surface area contributed by atoms with Gasteiger partial charge >= 0.3 is 0 Å². The smallest absolute Gasteiger partial charge is 0.291 e. The van der Waals surface area contributed by atoms with Crippen LogP contribution in [-0.2, 0) is 0 Å². The van der Waals surface area contributed by atoms with E-state index in [1.165, 1.54) is 24.3 Å². The second-order valence-electron chi connectivity index (χ2n) is 6.32. The van der Waals surface area contributed by atoms with Gasteiger partial charge in [-0.05, 0) is 30.5 Å². The van der Waals surface area contributed by atoms with E-state index in [2.05, 4.69) is 4.98 Å². The third-order valence-corrected chi connectivity index (χ3v) is 3.62. The van der Waals surface area contributed by atoms with Crippen LogP contribution in [0.1, 0.15) is 47.7 Å². The number of aromatic nitrogens is 1. The van der Waals surface area contributed by atoms with Crippen LogP contribution in [-0.4, -0.2) is 34.0 Å². The van der Waals surface area contributed by atoms with Crippen LogP contribution in [0.25, 0.3) is 0 Å². The molecule has 2 rings (SSSR count). The zero-order valence-corrected chi connectivity index (χ0v) is 14.4. The molecule has 1 heterocycles. The molecule has 0 fully saturated rings.